The molecule has 0 fully saturated rings. The van der Waals surface area contributed by atoms with Crippen LogP contribution in [0.1, 0.15) is 27.2 Å². The molecule has 0 saturated heterocycles. The Kier molecular flexibility index (Phi) is 8.34. The molecule has 37 heavy (non-hydrogen) atoms. The van der Waals surface area contributed by atoms with E-state index in [2.05, 4.69) is 9.72 Å². The number of pyridine rings is 1. The monoisotopic (exact) mass is 536 g/mol. The molecular weight excluding hydrogens is 513 g/mol. The average Bonchev–Trinajstić information content (AvgIpc) is 2.87. The van der Waals surface area contributed by atoms with Crippen molar-refractivity contribution in [1.29, 1.82) is 0 Å². The minimum Gasteiger partial charge on any atom is -0.468 e. The number of hydrogen-bond donors (Lipinski definition) is 0. The summed E-state index contributed by atoms with van der Waals surface area (Å²) < 4.78 is 75.9. The molecule has 196 valence electrons. The third-order valence-electron chi connectivity index (χ3n) is 5.41. The Bertz CT molecular complexity index is 1390. The van der Waals surface area contributed by atoms with Crippen molar-refractivity contribution in [3.63, 3.8) is 0 Å². The van der Waals surface area contributed by atoms with Gasteiger partial charge in [0.1, 0.15) is 6.54 Å². The Morgan fingerprint density at radius 3 is 2.08 bits per heavy atom. The summed E-state index contributed by atoms with van der Waals surface area (Å²) in [5, 5.41) is 0. The van der Waals surface area contributed by atoms with Gasteiger partial charge in [0, 0.05) is 5.56 Å². The van der Waals surface area contributed by atoms with Crippen molar-refractivity contribution < 1.29 is 40.7 Å². The number of sulfonamides is 1. The highest BCUT2D eigenvalue weighted by atomic mass is 32.2. The quantitative estimate of drug-likeness (QED) is 0.397. The normalized spacial score (nSPS) is 11.9. The van der Waals surface area contributed by atoms with Crippen molar-refractivity contribution in [2.75, 3.05) is 20.8 Å². The zero-order valence-electron chi connectivity index (χ0n) is 20.1. The van der Waals surface area contributed by atoms with Crippen LogP contribution in [0.4, 0.5) is 13.2 Å². The van der Waals surface area contributed by atoms with E-state index in [0.29, 0.717) is 5.56 Å². The molecule has 0 unspecified atom stereocenters. The summed E-state index contributed by atoms with van der Waals surface area (Å²) in [6, 6.07) is 12.9. The molecular formula is C25H23F3N2O6S. The lowest BCUT2D eigenvalue weighted by molar-refractivity contribution is -0.141. The van der Waals surface area contributed by atoms with Gasteiger partial charge in [0.15, 0.2) is 0 Å². The van der Waals surface area contributed by atoms with Crippen LogP contribution in [-0.2, 0) is 37.0 Å². The molecule has 2 aromatic carbocycles. The fourth-order valence-electron chi connectivity index (χ4n) is 3.37. The molecule has 0 aliphatic rings. The van der Waals surface area contributed by atoms with Gasteiger partial charge in [-0.25, -0.2) is 13.2 Å². The van der Waals surface area contributed by atoms with E-state index in [9.17, 15) is 31.2 Å². The van der Waals surface area contributed by atoms with Gasteiger partial charge < -0.3 is 9.47 Å². The van der Waals surface area contributed by atoms with Gasteiger partial charge in [0.2, 0.25) is 10.0 Å². The molecule has 0 amide bonds. The van der Waals surface area contributed by atoms with Crippen LogP contribution in [0, 0.1) is 6.92 Å². The maximum absolute atomic E-state index is 13.4. The second-order valence-corrected chi connectivity index (χ2v) is 9.86. The van der Waals surface area contributed by atoms with Crippen molar-refractivity contribution in [2.45, 2.75) is 24.5 Å². The Labute approximate surface area is 211 Å². The highest BCUT2D eigenvalue weighted by Gasteiger charge is 2.31. The van der Waals surface area contributed by atoms with Gasteiger partial charge in [-0.05, 0) is 43.3 Å². The smallest absolute Gasteiger partial charge is 0.416 e. The van der Waals surface area contributed by atoms with Crippen LogP contribution in [0.2, 0.25) is 0 Å². The zero-order valence-corrected chi connectivity index (χ0v) is 20.9. The van der Waals surface area contributed by atoms with E-state index in [1.165, 1.54) is 36.4 Å². The fourth-order valence-corrected chi connectivity index (χ4v) is 4.71. The molecule has 0 saturated carbocycles. The average molecular weight is 537 g/mol. The number of rotatable bonds is 8. The summed E-state index contributed by atoms with van der Waals surface area (Å²) in [4.78, 5) is 28.8. The van der Waals surface area contributed by atoms with Crippen molar-refractivity contribution in [3.05, 3.63) is 83.0 Å². The summed E-state index contributed by atoms with van der Waals surface area (Å²) in [5.41, 5.74) is 0.304. The lowest BCUT2D eigenvalue weighted by atomic mass is 10.1. The van der Waals surface area contributed by atoms with Crippen molar-refractivity contribution >= 4 is 22.0 Å². The molecule has 12 heteroatoms. The number of esters is 2. The molecule has 8 nitrogen and oxygen atoms in total. The van der Waals surface area contributed by atoms with Gasteiger partial charge in [-0.2, -0.15) is 17.5 Å². The summed E-state index contributed by atoms with van der Waals surface area (Å²) in [7, 11) is -2.02. The second-order valence-electron chi connectivity index (χ2n) is 7.92. The van der Waals surface area contributed by atoms with Crippen LogP contribution in [0.3, 0.4) is 0 Å². The van der Waals surface area contributed by atoms with E-state index in [1.807, 2.05) is 0 Å². The number of aryl methyl sites for hydroxylation is 1. The topological polar surface area (TPSA) is 103 Å². The molecule has 1 heterocycles. The Balaban J connectivity index is 2.09. The van der Waals surface area contributed by atoms with E-state index in [4.69, 9.17) is 4.74 Å². The minimum absolute atomic E-state index is 0.0659. The first kappa shape index (κ1) is 27.8. The standard InChI is InChI=1S/C25H23F3N2O6S/c1-16-4-10-19(11-5-16)37(33,34)30(15-23(31)35-2)14-22-20(24(32)36-3)12-13-21(29-22)17-6-8-18(9-7-17)25(26,27)28/h4-13H,14-15H2,1-3H3. The van der Waals surface area contributed by atoms with Crippen LogP contribution < -0.4 is 0 Å². The summed E-state index contributed by atoms with van der Waals surface area (Å²) in [6.07, 6.45) is -4.52. The van der Waals surface area contributed by atoms with Crippen molar-refractivity contribution in [3.8, 4) is 11.3 Å². The van der Waals surface area contributed by atoms with E-state index in [0.717, 1.165) is 36.2 Å². The number of carbonyl (C=O) groups excluding carboxylic acids is 2. The van der Waals surface area contributed by atoms with Crippen LogP contribution in [0.25, 0.3) is 11.3 Å². The van der Waals surface area contributed by atoms with Gasteiger partial charge in [0.25, 0.3) is 0 Å². The maximum atomic E-state index is 13.4. The van der Waals surface area contributed by atoms with Crippen LogP contribution >= 0.6 is 0 Å². The van der Waals surface area contributed by atoms with Gasteiger partial charge in [-0.15, -0.1) is 0 Å². The number of alkyl halides is 3. The zero-order chi connectivity index (χ0) is 27.4. The molecule has 0 spiro atoms. The number of nitrogens with zero attached hydrogens (tertiary/aromatic N) is 2. The first-order valence-corrected chi connectivity index (χ1v) is 12.2. The fraction of sp³-hybridized carbons (Fsp3) is 0.240. The lowest BCUT2D eigenvalue weighted by Gasteiger charge is -2.22. The van der Waals surface area contributed by atoms with Crippen LogP contribution in [0.5, 0.6) is 0 Å². The first-order valence-electron chi connectivity index (χ1n) is 10.8. The molecule has 0 radical (unpaired) electrons. The summed E-state index contributed by atoms with van der Waals surface area (Å²) in [5.74, 6) is -1.67. The number of hydrogen-bond acceptors (Lipinski definition) is 7. The van der Waals surface area contributed by atoms with Crippen molar-refractivity contribution in [2.24, 2.45) is 0 Å². The largest absolute Gasteiger partial charge is 0.468 e. The molecule has 3 aromatic rings. The van der Waals surface area contributed by atoms with Gasteiger partial charge in [0.05, 0.1) is 48.2 Å². The number of halogens is 3. The molecule has 0 bridgehead atoms. The summed E-state index contributed by atoms with van der Waals surface area (Å²) >= 11 is 0. The first-order chi connectivity index (χ1) is 17.4. The molecule has 0 N–H and O–H groups in total. The van der Waals surface area contributed by atoms with Crippen LogP contribution in [0.15, 0.2) is 65.6 Å². The van der Waals surface area contributed by atoms with E-state index < -0.39 is 46.8 Å². The third-order valence-corrected chi connectivity index (χ3v) is 7.21. The van der Waals surface area contributed by atoms with Crippen molar-refractivity contribution in [1.82, 2.24) is 9.29 Å². The second kappa shape index (κ2) is 11.1. The molecule has 1 aromatic heterocycles. The minimum atomic E-state index is -4.52. The van der Waals surface area contributed by atoms with E-state index in [1.54, 1.807) is 19.1 Å². The van der Waals surface area contributed by atoms with E-state index >= 15 is 0 Å². The lowest BCUT2D eigenvalue weighted by Crippen LogP contribution is -2.36. The molecule has 0 atom stereocenters. The molecule has 0 aliphatic carbocycles. The van der Waals surface area contributed by atoms with Crippen LogP contribution in [-0.4, -0.2) is 50.4 Å². The number of benzene rings is 2. The SMILES string of the molecule is COC(=O)CN(Cc1nc(-c2ccc(C(F)(F)F)cc2)ccc1C(=O)OC)S(=O)(=O)c1ccc(C)cc1. The number of methoxy groups -OCH3 is 2. The Morgan fingerprint density at radius 1 is 0.919 bits per heavy atom. The van der Waals surface area contributed by atoms with Gasteiger partial charge in [-0.3, -0.25) is 9.78 Å². The number of carbonyl (C=O) groups is 2. The molecule has 0 aliphatic heterocycles. The maximum Gasteiger partial charge on any atom is 0.416 e. The number of ether oxygens (including phenoxy) is 2. The highest BCUT2D eigenvalue weighted by Crippen LogP contribution is 2.31. The number of aromatic nitrogens is 1. The highest BCUT2D eigenvalue weighted by molar-refractivity contribution is 7.89. The Morgan fingerprint density at radius 2 is 1.54 bits per heavy atom. The molecule has 3 rings (SSSR count). The van der Waals surface area contributed by atoms with Gasteiger partial charge >= 0.3 is 18.1 Å². The predicted octanol–water partition coefficient (Wildman–Crippen LogP) is 4.23. The van der Waals surface area contributed by atoms with Gasteiger partial charge in [-0.1, -0.05) is 29.8 Å². The Hall–Kier alpha value is -3.77. The van der Waals surface area contributed by atoms with E-state index in [-0.39, 0.29) is 21.8 Å². The summed E-state index contributed by atoms with van der Waals surface area (Å²) in [6.45, 7) is 0.575. The predicted molar refractivity (Wildman–Crippen MR) is 127 cm³/mol. The third kappa shape index (κ3) is 6.52.